The maximum Gasteiger partial charge on any atom is 0.248 e. The zero-order chi connectivity index (χ0) is 20.5. The number of nitrogens with one attached hydrogen (secondary N) is 1. The quantitative estimate of drug-likeness (QED) is 0.605. The van der Waals surface area contributed by atoms with Gasteiger partial charge in [0.2, 0.25) is 5.91 Å². The number of rotatable bonds is 7. The molecule has 3 rings (SSSR count). The molecule has 29 heavy (non-hydrogen) atoms. The molecule has 1 amide bonds. The van der Waals surface area contributed by atoms with Crippen molar-refractivity contribution < 1.29 is 13.9 Å². The van der Waals surface area contributed by atoms with Crippen molar-refractivity contribution in [1.82, 2.24) is 4.98 Å². The van der Waals surface area contributed by atoms with Crippen LogP contribution < -0.4 is 10.1 Å². The van der Waals surface area contributed by atoms with Crippen molar-refractivity contribution in [2.75, 3.05) is 5.32 Å². The van der Waals surface area contributed by atoms with Crippen LogP contribution in [0.4, 0.5) is 10.1 Å². The van der Waals surface area contributed by atoms with Crippen LogP contribution in [0.2, 0.25) is 0 Å². The van der Waals surface area contributed by atoms with Gasteiger partial charge in [0.05, 0.1) is 18.7 Å². The number of halogens is 1. The highest BCUT2D eigenvalue weighted by Crippen LogP contribution is 2.19. The van der Waals surface area contributed by atoms with E-state index in [0.717, 1.165) is 17.3 Å². The molecule has 1 heterocycles. The summed E-state index contributed by atoms with van der Waals surface area (Å²) < 4.78 is 18.9. The molecule has 3 aromatic rings. The SMILES string of the molecule is N#CCc1ccc(OCc2ccccc2NC(=O)C=Cc2cncc(F)c2)cc1. The number of anilines is 1. The average molecular weight is 387 g/mol. The Morgan fingerprint density at radius 3 is 2.72 bits per heavy atom. The monoisotopic (exact) mass is 387 g/mol. The first-order chi connectivity index (χ1) is 14.1. The number of pyridine rings is 1. The second kappa shape index (κ2) is 9.81. The van der Waals surface area contributed by atoms with E-state index in [4.69, 9.17) is 10.00 Å². The Morgan fingerprint density at radius 1 is 1.17 bits per heavy atom. The Bertz CT molecular complexity index is 1060. The summed E-state index contributed by atoms with van der Waals surface area (Å²) in [5, 5.41) is 11.5. The van der Waals surface area contributed by atoms with Crippen molar-refractivity contribution in [2.45, 2.75) is 13.0 Å². The standard InChI is InChI=1S/C23H18FN3O2/c24-20-13-18(14-26-15-20)7-10-23(28)27-22-4-2-1-3-19(22)16-29-21-8-5-17(6-9-21)11-12-25/h1-10,13-15H,11,16H2,(H,27,28). The van der Waals surface area contributed by atoms with Crippen LogP contribution in [-0.2, 0) is 17.8 Å². The summed E-state index contributed by atoms with van der Waals surface area (Å²) in [7, 11) is 0. The third kappa shape index (κ3) is 6.01. The molecular weight excluding hydrogens is 369 g/mol. The zero-order valence-corrected chi connectivity index (χ0v) is 15.5. The molecule has 1 N–H and O–H groups in total. The smallest absolute Gasteiger partial charge is 0.248 e. The van der Waals surface area contributed by atoms with Gasteiger partial charge in [0, 0.05) is 23.5 Å². The van der Waals surface area contributed by atoms with E-state index in [1.807, 2.05) is 42.5 Å². The molecule has 144 valence electrons. The van der Waals surface area contributed by atoms with E-state index in [9.17, 15) is 9.18 Å². The summed E-state index contributed by atoms with van der Waals surface area (Å²) in [6, 6.07) is 18.0. The lowest BCUT2D eigenvalue weighted by Gasteiger charge is -2.11. The summed E-state index contributed by atoms with van der Waals surface area (Å²) in [6.07, 6.45) is 5.74. The molecule has 1 aromatic heterocycles. The molecular formula is C23H18FN3O2. The molecule has 0 bridgehead atoms. The van der Waals surface area contributed by atoms with Crippen LogP contribution in [0.15, 0.2) is 73.1 Å². The van der Waals surface area contributed by atoms with Gasteiger partial charge in [-0.3, -0.25) is 9.78 Å². The van der Waals surface area contributed by atoms with E-state index in [0.29, 0.717) is 23.4 Å². The minimum absolute atomic E-state index is 0.269. The van der Waals surface area contributed by atoms with Gasteiger partial charge in [0.25, 0.3) is 0 Å². The average Bonchev–Trinajstić information content (AvgIpc) is 2.73. The highest BCUT2D eigenvalue weighted by Gasteiger charge is 2.06. The van der Waals surface area contributed by atoms with Crippen molar-refractivity contribution in [3.05, 3.63) is 95.6 Å². The molecule has 0 aliphatic rings. The molecule has 0 atom stereocenters. The van der Waals surface area contributed by atoms with Crippen molar-refractivity contribution in [2.24, 2.45) is 0 Å². The summed E-state index contributed by atoms with van der Waals surface area (Å²) in [6.45, 7) is 0.269. The predicted molar refractivity (Wildman–Crippen MR) is 108 cm³/mol. The van der Waals surface area contributed by atoms with Crippen molar-refractivity contribution >= 4 is 17.7 Å². The highest BCUT2D eigenvalue weighted by atomic mass is 19.1. The fraction of sp³-hybridized carbons (Fsp3) is 0.0870. The maximum absolute atomic E-state index is 13.2. The van der Waals surface area contributed by atoms with Crippen LogP contribution in [0.5, 0.6) is 5.75 Å². The third-order valence-electron chi connectivity index (χ3n) is 4.03. The number of hydrogen-bond donors (Lipinski definition) is 1. The van der Waals surface area contributed by atoms with Crippen molar-refractivity contribution in [3.8, 4) is 11.8 Å². The van der Waals surface area contributed by atoms with E-state index in [2.05, 4.69) is 16.4 Å². The minimum Gasteiger partial charge on any atom is -0.489 e. The first kappa shape index (κ1) is 19.8. The second-order valence-corrected chi connectivity index (χ2v) is 6.18. The van der Waals surface area contributed by atoms with Gasteiger partial charge >= 0.3 is 0 Å². The van der Waals surface area contributed by atoms with E-state index >= 15 is 0 Å². The van der Waals surface area contributed by atoms with Crippen LogP contribution in [0.25, 0.3) is 6.08 Å². The van der Waals surface area contributed by atoms with Crippen LogP contribution >= 0.6 is 0 Å². The molecule has 5 nitrogen and oxygen atoms in total. The molecule has 6 heteroatoms. The molecule has 0 saturated heterocycles. The Labute approximate surface area is 168 Å². The molecule has 0 spiro atoms. The first-order valence-electron chi connectivity index (χ1n) is 8.90. The number of nitriles is 1. The molecule has 0 saturated carbocycles. The van der Waals surface area contributed by atoms with Gasteiger partial charge in [0.1, 0.15) is 18.2 Å². The fourth-order valence-electron chi connectivity index (χ4n) is 2.59. The van der Waals surface area contributed by atoms with E-state index < -0.39 is 5.82 Å². The normalized spacial score (nSPS) is 10.5. The Hall–Kier alpha value is -3.98. The third-order valence-corrected chi connectivity index (χ3v) is 4.03. The van der Waals surface area contributed by atoms with Gasteiger partial charge < -0.3 is 10.1 Å². The Morgan fingerprint density at radius 2 is 1.97 bits per heavy atom. The van der Waals surface area contributed by atoms with E-state index in [1.165, 1.54) is 24.4 Å². The second-order valence-electron chi connectivity index (χ2n) is 6.18. The van der Waals surface area contributed by atoms with Gasteiger partial charge in [-0.15, -0.1) is 0 Å². The van der Waals surface area contributed by atoms with Crippen LogP contribution in [0.3, 0.4) is 0 Å². The van der Waals surface area contributed by atoms with Crippen LogP contribution in [-0.4, -0.2) is 10.9 Å². The number of nitrogens with zero attached hydrogens (tertiary/aromatic N) is 2. The predicted octanol–water partition coefficient (Wildman–Crippen LogP) is 4.52. The summed E-state index contributed by atoms with van der Waals surface area (Å²) in [5.74, 6) is -0.135. The van der Waals surface area contributed by atoms with Crippen LogP contribution in [0.1, 0.15) is 16.7 Å². The van der Waals surface area contributed by atoms with Crippen LogP contribution in [0, 0.1) is 17.1 Å². The minimum atomic E-state index is -0.462. The molecule has 0 unspecified atom stereocenters. The summed E-state index contributed by atoms with van der Waals surface area (Å²) >= 11 is 0. The van der Waals surface area contributed by atoms with Crippen molar-refractivity contribution in [1.29, 1.82) is 5.26 Å². The number of hydrogen-bond acceptors (Lipinski definition) is 4. The van der Waals surface area contributed by atoms with Gasteiger partial charge in [0.15, 0.2) is 0 Å². The topological polar surface area (TPSA) is 75.0 Å². The zero-order valence-electron chi connectivity index (χ0n) is 15.5. The van der Waals surface area contributed by atoms with E-state index in [1.54, 1.807) is 6.07 Å². The fourth-order valence-corrected chi connectivity index (χ4v) is 2.59. The lowest BCUT2D eigenvalue weighted by molar-refractivity contribution is -0.111. The number of para-hydroxylation sites is 1. The lowest BCUT2D eigenvalue weighted by atomic mass is 10.1. The molecule has 0 aliphatic carbocycles. The maximum atomic E-state index is 13.2. The summed E-state index contributed by atoms with van der Waals surface area (Å²) in [4.78, 5) is 16.0. The lowest BCUT2D eigenvalue weighted by Crippen LogP contribution is -2.10. The Kier molecular flexibility index (Phi) is 6.69. The largest absolute Gasteiger partial charge is 0.489 e. The van der Waals surface area contributed by atoms with Gasteiger partial charge in [-0.25, -0.2) is 4.39 Å². The molecule has 0 radical (unpaired) electrons. The molecule has 0 aliphatic heterocycles. The Balaban J connectivity index is 1.62. The van der Waals surface area contributed by atoms with Gasteiger partial charge in [-0.05, 0) is 41.5 Å². The summed E-state index contributed by atoms with van der Waals surface area (Å²) in [5.41, 5.74) is 2.85. The van der Waals surface area contributed by atoms with Gasteiger partial charge in [-0.1, -0.05) is 30.3 Å². The number of carbonyl (C=O) groups excluding carboxylic acids is 1. The number of ether oxygens (including phenoxy) is 1. The molecule has 2 aromatic carbocycles. The van der Waals surface area contributed by atoms with Gasteiger partial charge in [-0.2, -0.15) is 5.26 Å². The molecule has 0 fully saturated rings. The van der Waals surface area contributed by atoms with Crippen molar-refractivity contribution in [3.63, 3.8) is 0 Å². The number of amides is 1. The number of carbonyl (C=O) groups is 1. The number of benzene rings is 2. The highest BCUT2D eigenvalue weighted by molar-refractivity contribution is 6.02. The first-order valence-corrected chi connectivity index (χ1v) is 8.90. The number of aromatic nitrogens is 1. The van der Waals surface area contributed by atoms with E-state index in [-0.39, 0.29) is 12.5 Å².